The second-order valence-electron chi connectivity index (χ2n) is 5.40. The van der Waals surface area contributed by atoms with Gasteiger partial charge >= 0.3 is 18.2 Å². The van der Waals surface area contributed by atoms with Crippen LogP contribution < -0.4 is 5.32 Å². The van der Waals surface area contributed by atoms with Crippen molar-refractivity contribution in [2.24, 2.45) is 5.92 Å². The highest BCUT2D eigenvalue weighted by molar-refractivity contribution is 5.81. The molecule has 0 aliphatic heterocycles. The van der Waals surface area contributed by atoms with Crippen LogP contribution in [0.15, 0.2) is 0 Å². The molecule has 0 aliphatic carbocycles. The predicted octanol–water partition coefficient (Wildman–Crippen LogP) is 2.64. The second-order valence-corrected chi connectivity index (χ2v) is 5.40. The molecule has 0 aromatic heterocycles. The minimum Gasteiger partial charge on any atom is -0.467 e. The number of ether oxygens (including phenoxy) is 2. The van der Waals surface area contributed by atoms with Crippen molar-refractivity contribution in [3.8, 4) is 0 Å². The molecule has 0 heterocycles. The number of hydrogen-bond acceptors (Lipinski definition) is 4. The molecule has 0 spiro atoms. The molecule has 0 radical (unpaired) electrons. The maximum atomic E-state index is 12.5. The predicted molar refractivity (Wildman–Crippen MR) is 65.0 cm³/mol. The summed E-state index contributed by atoms with van der Waals surface area (Å²) in [5.41, 5.74) is -0.819. The Balaban J connectivity index is 4.75. The Bertz CT molecular complexity index is 350. The van der Waals surface area contributed by atoms with Gasteiger partial charge in [0.25, 0.3) is 0 Å². The number of hydrogen-bond donors (Lipinski definition) is 1. The van der Waals surface area contributed by atoms with E-state index in [1.165, 1.54) is 0 Å². The fraction of sp³-hybridized carbons (Fsp3) is 0.833. The summed E-state index contributed by atoms with van der Waals surface area (Å²) in [5, 5.41) is 2.09. The first-order valence-electron chi connectivity index (χ1n) is 6.01. The standard InChI is InChI=1S/C12H20F3NO4/c1-7(12(13,14)15)6-8(9(17)19-5)16-10(18)20-11(2,3)4/h7-8H,6H2,1-5H3,(H,16,18). The molecule has 20 heavy (non-hydrogen) atoms. The first kappa shape index (κ1) is 18.5. The molecule has 0 saturated heterocycles. The number of carbonyl (C=O) groups excluding carboxylic acids is 2. The summed E-state index contributed by atoms with van der Waals surface area (Å²) >= 11 is 0. The van der Waals surface area contributed by atoms with E-state index in [1.807, 2.05) is 0 Å². The molecule has 2 unspecified atom stereocenters. The molecular formula is C12H20F3NO4. The van der Waals surface area contributed by atoms with E-state index in [9.17, 15) is 22.8 Å². The van der Waals surface area contributed by atoms with Gasteiger partial charge in [-0.3, -0.25) is 0 Å². The SMILES string of the molecule is COC(=O)C(CC(C)C(F)(F)F)NC(=O)OC(C)(C)C. The molecule has 2 atom stereocenters. The van der Waals surface area contributed by atoms with Gasteiger partial charge in [-0.25, -0.2) is 9.59 Å². The molecule has 118 valence electrons. The number of carbonyl (C=O) groups is 2. The van der Waals surface area contributed by atoms with E-state index < -0.39 is 42.2 Å². The first-order valence-corrected chi connectivity index (χ1v) is 6.01. The number of methoxy groups -OCH3 is 1. The van der Waals surface area contributed by atoms with Gasteiger partial charge in [-0.1, -0.05) is 6.92 Å². The van der Waals surface area contributed by atoms with Crippen LogP contribution in [0.25, 0.3) is 0 Å². The van der Waals surface area contributed by atoms with Crippen LogP contribution in [0.5, 0.6) is 0 Å². The fourth-order valence-electron chi connectivity index (χ4n) is 1.29. The minimum absolute atomic E-state index is 0.616. The van der Waals surface area contributed by atoms with Crippen LogP contribution in [-0.4, -0.2) is 37.0 Å². The number of esters is 1. The van der Waals surface area contributed by atoms with E-state index in [1.54, 1.807) is 20.8 Å². The molecule has 0 aliphatic rings. The highest BCUT2D eigenvalue weighted by Gasteiger charge is 2.39. The summed E-state index contributed by atoms with van der Waals surface area (Å²) in [6.07, 6.45) is -6.04. The van der Waals surface area contributed by atoms with Crippen molar-refractivity contribution in [3.63, 3.8) is 0 Å². The Kier molecular flexibility index (Phi) is 6.31. The largest absolute Gasteiger partial charge is 0.467 e. The van der Waals surface area contributed by atoms with Crippen molar-refractivity contribution in [1.82, 2.24) is 5.32 Å². The van der Waals surface area contributed by atoms with Crippen molar-refractivity contribution in [2.75, 3.05) is 7.11 Å². The molecule has 8 heteroatoms. The van der Waals surface area contributed by atoms with E-state index >= 15 is 0 Å². The van der Waals surface area contributed by atoms with E-state index in [-0.39, 0.29) is 0 Å². The van der Waals surface area contributed by atoms with Gasteiger partial charge in [-0.15, -0.1) is 0 Å². The molecule has 1 amide bonds. The van der Waals surface area contributed by atoms with E-state index in [0.29, 0.717) is 0 Å². The van der Waals surface area contributed by atoms with Crippen LogP contribution >= 0.6 is 0 Å². The van der Waals surface area contributed by atoms with Crippen molar-refractivity contribution < 1.29 is 32.2 Å². The Morgan fingerprint density at radius 1 is 1.20 bits per heavy atom. The average Bonchev–Trinajstić information content (AvgIpc) is 2.22. The molecule has 0 aromatic carbocycles. The zero-order valence-electron chi connectivity index (χ0n) is 12.1. The lowest BCUT2D eigenvalue weighted by Gasteiger charge is -2.24. The maximum Gasteiger partial charge on any atom is 0.408 e. The Labute approximate surface area is 115 Å². The fourth-order valence-corrected chi connectivity index (χ4v) is 1.29. The van der Waals surface area contributed by atoms with Gasteiger partial charge in [0.2, 0.25) is 0 Å². The Morgan fingerprint density at radius 3 is 2.05 bits per heavy atom. The minimum atomic E-state index is -4.46. The van der Waals surface area contributed by atoms with Crippen molar-refractivity contribution in [1.29, 1.82) is 0 Å². The summed E-state index contributed by atoms with van der Waals surface area (Å²) in [5.74, 6) is -2.71. The van der Waals surface area contributed by atoms with Crippen molar-refractivity contribution >= 4 is 12.1 Å². The zero-order valence-corrected chi connectivity index (χ0v) is 12.1. The summed E-state index contributed by atoms with van der Waals surface area (Å²) in [6, 6.07) is -1.41. The number of amides is 1. The lowest BCUT2D eigenvalue weighted by molar-refractivity contribution is -0.174. The van der Waals surface area contributed by atoms with Gasteiger partial charge in [0.1, 0.15) is 11.6 Å². The Hall–Kier alpha value is -1.47. The van der Waals surface area contributed by atoms with Gasteiger partial charge in [0.15, 0.2) is 0 Å². The van der Waals surface area contributed by atoms with Crippen LogP contribution in [0.3, 0.4) is 0 Å². The highest BCUT2D eigenvalue weighted by Crippen LogP contribution is 2.29. The number of halogens is 3. The molecule has 0 rings (SSSR count). The van der Waals surface area contributed by atoms with E-state index in [4.69, 9.17) is 4.74 Å². The summed E-state index contributed by atoms with van der Waals surface area (Å²) < 4.78 is 46.7. The van der Waals surface area contributed by atoms with Crippen LogP contribution in [0.1, 0.15) is 34.1 Å². The molecule has 0 fully saturated rings. The first-order chi connectivity index (χ1) is 8.86. The normalized spacial score (nSPS) is 15.2. The van der Waals surface area contributed by atoms with Crippen molar-refractivity contribution in [2.45, 2.75) is 51.9 Å². The van der Waals surface area contributed by atoms with Gasteiger partial charge in [-0.05, 0) is 27.2 Å². The number of rotatable bonds is 4. The molecular weight excluding hydrogens is 279 g/mol. The Morgan fingerprint density at radius 2 is 1.70 bits per heavy atom. The molecule has 5 nitrogen and oxygen atoms in total. The second kappa shape index (κ2) is 6.81. The average molecular weight is 299 g/mol. The summed E-state index contributed by atoms with van der Waals surface area (Å²) in [4.78, 5) is 22.9. The molecule has 0 saturated carbocycles. The van der Waals surface area contributed by atoms with Crippen LogP contribution in [0.4, 0.5) is 18.0 Å². The van der Waals surface area contributed by atoms with Crippen LogP contribution in [-0.2, 0) is 14.3 Å². The van der Waals surface area contributed by atoms with E-state index in [0.717, 1.165) is 14.0 Å². The van der Waals surface area contributed by atoms with Gasteiger partial charge in [0.05, 0.1) is 13.0 Å². The number of alkyl halides is 3. The summed E-state index contributed by atoms with van der Waals surface area (Å²) in [6.45, 7) is 5.71. The third-order valence-corrected chi connectivity index (χ3v) is 2.32. The van der Waals surface area contributed by atoms with Gasteiger partial charge in [0, 0.05) is 0 Å². The van der Waals surface area contributed by atoms with Gasteiger partial charge in [-0.2, -0.15) is 13.2 Å². The third-order valence-electron chi connectivity index (χ3n) is 2.32. The van der Waals surface area contributed by atoms with Crippen molar-refractivity contribution in [3.05, 3.63) is 0 Å². The smallest absolute Gasteiger partial charge is 0.408 e. The third kappa shape index (κ3) is 7.20. The van der Waals surface area contributed by atoms with Crippen LogP contribution in [0, 0.1) is 5.92 Å². The lowest BCUT2D eigenvalue weighted by atomic mass is 10.0. The number of nitrogens with one attached hydrogen (secondary N) is 1. The van der Waals surface area contributed by atoms with Gasteiger partial charge < -0.3 is 14.8 Å². The van der Waals surface area contributed by atoms with E-state index in [2.05, 4.69) is 10.1 Å². The molecule has 1 N–H and O–H groups in total. The summed E-state index contributed by atoms with van der Waals surface area (Å²) in [7, 11) is 1.03. The monoisotopic (exact) mass is 299 g/mol. The molecule has 0 aromatic rings. The lowest BCUT2D eigenvalue weighted by Crippen LogP contribution is -2.46. The molecule has 0 bridgehead atoms. The maximum absolute atomic E-state index is 12.5. The zero-order chi connectivity index (χ0) is 16.1. The van der Waals surface area contributed by atoms with Crippen LogP contribution in [0.2, 0.25) is 0 Å². The number of alkyl carbamates (subject to hydrolysis) is 1. The highest BCUT2D eigenvalue weighted by atomic mass is 19.4. The topological polar surface area (TPSA) is 64.6 Å². The quantitative estimate of drug-likeness (QED) is 0.811.